The SMILES string of the molecule is C=CCc1cc(/C=C(/C#N)c2nc3ccc(F)cc3[nH]2)cc(OC)c1OCc1ccc(Cl)c(Cl)c1. The minimum Gasteiger partial charge on any atom is -0.493 e. The summed E-state index contributed by atoms with van der Waals surface area (Å²) in [6, 6.07) is 15.4. The van der Waals surface area contributed by atoms with Crippen molar-refractivity contribution in [1.29, 1.82) is 5.26 Å². The molecule has 4 rings (SSSR count). The van der Waals surface area contributed by atoms with Gasteiger partial charge in [-0.15, -0.1) is 6.58 Å². The highest BCUT2D eigenvalue weighted by Gasteiger charge is 2.15. The van der Waals surface area contributed by atoms with Crippen molar-refractivity contribution < 1.29 is 13.9 Å². The predicted octanol–water partition coefficient (Wildman–Crippen LogP) is 7.39. The molecule has 0 fully saturated rings. The molecular formula is C27H20Cl2FN3O2. The molecular weight excluding hydrogens is 488 g/mol. The summed E-state index contributed by atoms with van der Waals surface area (Å²) in [6.07, 6.45) is 3.96. The molecule has 3 aromatic carbocycles. The van der Waals surface area contributed by atoms with E-state index in [1.807, 2.05) is 12.1 Å². The smallest absolute Gasteiger partial charge is 0.165 e. The highest BCUT2D eigenvalue weighted by Crippen LogP contribution is 2.36. The maximum atomic E-state index is 13.5. The number of hydrogen-bond donors (Lipinski definition) is 1. The molecule has 0 aliphatic carbocycles. The Morgan fingerprint density at radius 3 is 2.71 bits per heavy atom. The molecule has 0 aliphatic rings. The fourth-order valence-electron chi connectivity index (χ4n) is 3.60. The van der Waals surface area contributed by atoms with Gasteiger partial charge < -0.3 is 14.5 Å². The molecule has 8 heteroatoms. The Labute approximate surface area is 212 Å². The average Bonchev–Trinajstić information content (AvgIpc) is 3.26. The van der Waals surface area contributed by atoms with Crippen LogP contribution in [0.5, 0.6) is 11.5 Å². The number of aromatic amines is 1. The number of nitrogens with zero attached hydrogens (tertiary/aromatic N) is 2. The number of nitriles is 1. The number of methoxy groups -OCH3 is 1. The zero-order valence-electron chi connectivity index (χ0n) is 18.7. The fraction of sp³-hybridized carbons (Fsp3) is 0.111. The standard InChI is InChI=1S/C27H20Cl2FN3O2/c1-3-4-18-9-17(10-19(14-31)27-32-23-8-6-20(30)13-24(23)33-27)12-25(34-2)26(18)35-15-16-5-7-21(28)22(29)11-16/h3,5-13H,1,4,15H2,2H3,(H,32,33)/b19-10-. The first-order chi connectivity index (χ1) is 16.9. The van der Waals surface area contributed by atoms with Gasteiger partial charge in [0.15, 0.2) is 11.5 Å². The number of fused-ring (bicyclic) bond motifs is 1. The van der Waals surface area contributed by atoms with E-state index < -0.39 is 0 Å². The largest absolute Gasteiger partial charge is 0.493 e. The van der Waals surface area contributed by atoms with Gasteiger partial charge in [0, 0.05) is 5.56 Å². The Balaban J connectivity index is 1.69. The van der Waals surface area contributed by atoms with E-state index in [1.165, 1.54) is 12.1 Å². The summed E-state index contributed by atoms with van der Waals surface area (Å²) in [5, 5.41) is 10.7. The molecule has 0 aliphatic heterocycles. The van der Waals surface area contributed by atoms with Crippen LogP contribution in [0.2, 0.25) is 10.0 Å². The van der Waals surface area contributed by atoms with Crippen LogP contribution < -0.4 is 9.47 Å². The number of nitrogens with one attached hydrogen (secondary N) is 1. The number of rotatable bonds is 8. The van der Waals surface area contributed by atoms with E-state index in [1.54, 1.807) is 43.5 Å². The zero-order chi connectivity index (χ0) is 24.9. The molecule has 1 N–H and O–H groups in total. The third-order valence-corrected chi connectivity index (χ3v) is 5.97. The molecule has 0 amide bonds. The van der Waals surface area contributed by atoms with Crippen LogP contribution in [0.4, 0.5) is 4.39 Å². The zero-order valence-corrected chi connectivity index (χ0v) is 20.3. The number of benzene rings is 3. The normalized spacial score (nSPS) is 11.3. The highest BCUT2D eigenvalue weighted by atomic mass is 35.5. The molecule has 0 spiro atoms. The molecule has 176 valence electrons. The third-order valence-electron chi connectivity index (χ3n) is 5.24. The van der Waals surface area contributed by atoms with Crippen molar-refractivity contribution in [2.75, 3.05) is 7.11 Å². The number of ether oxygens (including phenoxy) is 2. The van der Waals surface area contributed by atoms with E-state index in [0.29, 0.717) is 50.4 Å². The Bertz CT molecular complexity index is 1490. The van der Waals surface area contributed by atoms with Gasteiger partial charge in [-0.3, -0.25) is 0 Å². The van der Waals surface area contributed by atoms with Gasteiger partial charge in [-0.2, -0.15) is 5.26 Å². The van der Waals surface area contributed by atoms with Crippen LogP contribution in [0.3, 0.4) is 0 Å². The molecule has 1 heterocycles. The Kier molecular flexibility index (Phi) is 7.40. The first-order valence-electron chi connectivity index (χ1n) is 10.6. The molecule has 0 saturated heterocycles. The van der Waals surface area contributed by atoms with E-state index in [2.05, 4.69) is 22.6 Å². The summed E-state index contributed by atoms with van der Waals surface area (Å²) in [4.78, 5) is 7.41. The Hall–Kier alpha value is -3.79. The van der Waals surface area contributed by atoms with Crippen LogP contribution in [0, 0.1) is 17.1 Å². The third kappa shape index (κ3) is 5.48. The lowest BCUT2D eigenvalue weighted by molar-refractivity contribution is 0.282. The molecule has 35 heavy (non-hydrogen) atoms. The van der Waals surface area contributed by atoms with Gasteiger partial charge in [-0.25, -0.2) is 9.37 Å². The van der Waals surface area contributed by atoms with Crippen LogP contribution in [0.15, 0.2) is 61.2 Å². The second-order valence-corrected chi connectivity index (χ2v) is 8.47. The quantitative estimate of drug-likeness (QED) is 0.199. The van der Waals surface area contributed by atoms with Gasteiger partial charge in [0.2, 0.25) is 0 Å². The molecule has 0 radical (unpaired) electrons. The summed E-state index contributed by atoms with van der Waals surface area (Å²) in [7, 11) is 1.55. The van der Waals surface area contributed by atoms with E-state index in [0.717, 1.165) is 11.1 Å². The Morgan fingerprint density at radius 2 is 2.00 bits per heavy atom. The van der Waals surface area contributed by atoms with Crippen molar-refractivity contribution in [1.82, 2.24) is 9.97 Å². The molecule has 0 bridgehead atoms. The van der Waals surface area contributed by atoms with Crippen molar-refractivity contribution >= 4 is 45.9 Å². The first-order valence-corrected chi connectivity index (χ1v) is 11.3. The molecule has 0 saturated carbocycles. The van der Waals surface area contributed by atoms with Gasteiger partial charge in [-0.05, 0) is 66.1 Å². The summed E-state index contributed by atoms with van der Waals surface area (Å²) in [6.45, 7) is 4.09. The molecule has 0 atom stereocenters. The van der Waals surface area contributed by atoms with Crippen molar-refractivity contribution in [3.63, 3.8) is 0 Å². The lowest BCUT2D eigenvalue weighted by Crippen LogP contribution is -2.02. The van der Waals surface area contributed by atoms with Crippen molar-refractivity contribution in [2.24, 2.45) is 0 Å². The number of H-pyrrole nitrogens is 1. The lowest BCUT2D eigenvalue weighted by atomic mass is 10.0. The minimum absolute atomic E-state index is 0.256. The van der Waals surface area contributed by atoms with E-state index in [-0.39, 0.29) is 18.0 Å². The number of imidazole rings is 1. The van der Waals surface area contributed by atoms with Crippen LogP contribution in [0.25, 0.3) is 22.7 Å². The summed E-state index contributed by atoms with van der Waals surface area (Å²) in [5.74, 6) is 1.02. The topological polar surface area (TPSA) is 70.9 Å². The van der Waals surface area contributed by atoms with Crippen molar-refractivity contribution in [2.45, 2.75) is 13.0 Å². The molecule has 4 aromatic rings. The van der Waals surface area contributed by atoms with Gasteiger partial charge in [0.05, 0.1) is 33.8 Å². The first kappa shape index (κ1) is 24.3. The molecule has 5 nitrogen and oxygen atoms in total. The fourth-order valence-corrected chi connectivity index (χ4v) is 3.92. The van der Waals surface area contributed by atoms with Crippen LogP contribution in [-0.4, -0.2) is 17.1 Å². The van der Waals surface area contributed by atoms with E-state index in [9.17, 15) is 9.65 Å². The second kappa shape index (κ2) is 10.6. The van der Waals surface area contributed by atoms with Gasteiger partial charge in [0.25, 0.3) is 0 Å². The number of allylic oxidation sites excluding steroid dienone is 2. The second-order valence-electron chi connectivity index (χ2n) is 7.66. The van der Waals surface area contributed by atoms with Crippen LogP contribution in [0.1, 0.15) is 22.5 Å². The van der Waals surface area contributed by atoms with E-state index >= 15 is 0 Å². The van der Waals surface area contributed by atoms with Crippen molar-refractivity contribution in [3.8, 4) is 17.6 Å². The minimum atomic E-state index is -0.384. The monoisotopic (exact) mass is 507 g/mol. The Morgan fingerprint density at radius 1 is 1.17 bits per heavy atom. The number of halogens is 3. The average molecular weight is 508 g/mol. The van der Waals surface area contributed by atoms with Gasteiger partial charge >= 0.3 is 0 Å². The highest BCUT2D eigenvalue weighted by molar-refractivity contribution is 6.42. The summed E-state index contributed by atoms with van der Waals surface area (Å²) >= 11 is 12.1. The number of aromatic nitrogens is 2. The maximum absolute atomic E-state index is 13.5. The maximum Gasteiger partial charge on any atom is 0.165 e. The van der Waals surface area contributed by atoms with E-state index in [4.69, 9.17) is 32.7 Å². The van der Waals surface area contributed by atoms with Gasteiger partial charge in [-0.1, -0.05) is 35.3 Å². The molecule has 0 unspecified atom stereocenters. The van der Waals surface area contributed by atoms with Gasteiger partial charge in [0.1, 0.15) is 24.3 Å². The number of hydrogen-bond acceptors (Lipinski definition) is 4. The summed E-state index contributed by atoms with van der Waals surface area (Å²) in [5.41, 5.74) is 3.76. The molecule has 1 aromatic heterocycles. The van der Waals surface area contributed by atoms with Crippen LogP contribution in [-0.2, 0) is 13.0 Å². The predicted molar refractivity (Wildman–Crippen MR) is 137 cm³/mol. The van der Waals surface area contributed by atoms with Crippen molar-refractivity contribution in [3.05, 3.63) is 99.6 Å². The lowest BCUT2D eigenvalue weighted by Gasteiger charge is -2.16. The van der Waals surface area contributed by atoms with Crippen LogP contribution >= 0.6 is 23.2 Å². The summed E-state index contributed by atoms with van der Waals surface area (Å²) < 4.78 is 25.3.